The van der Waals surface area contributed by atoms with Gasteiger partial charge in [0, 0.05) is 18.8 Å². The summed E-state index contributed by atoms with van der Waals surface area (Å²) in [6.45, 7) is 0.987. The molecule has 0 radical (unpaired) electrons. The van der Waals surface area contributed by atoms with Crippen LogP contribution in [-0.2, 0) is 9.53 Å². The van der Waals surface area contributed by atoms with Gasteiger partial charge < -0.3 is 19.8 Å². The van der Waals surface area contributed by atoms with Crippen molar-refractivity contribution in [1.29, 1.82) is 0 Å². The quantitative estimate of drug-likeness (QED) is 0.564. The van der Waals surface area contributed by atoms with E-state index in [2.05, 4.69) is 4.98 Å². The van der Waals surface area contributed by atoms with Crippen LogP contribution in [0.2, 0.25) is 0 Å². The Hall–Kier alpha value is -1.97. The second-order valence-corrected chi connectivity index (χ2v) is 5.83. The van der Waals surface area contributed by atoms with E-state index in [0.717, 1.165) is 4.57 Å². The number of carbonyl (C=O) groups excluding carboxylic acids is 1. The molecule has 1 amide bonds. The number of hydrogen-bond donors (Lipinski definition) is 3. The van der Waals surface area contributed by atoms with Gasteiger partial charge in [0.25, 0.3) is 5.56 Å². The fourth-order valence-corrected chi connectivity index (χ4v) is 3.13. The van der Waals surface area contributed by atoms with Gasteiger partial charge in [0.05, 0.1) is 13.0 Å². The van der Waals surface area contributed by atoms with Gasteiger partial charge in [-0.25, -0.2) is 4.79 Å². The third-order valence-electron chi connectivity index (χ3n) is 4.49. The van der Waals surface area contributed by atoms with Gasteiger partial charge in [-0.3, -0.25) is 19.1 Å². The lowest BCUT2D eigenvalue weighted by atomic mass is 9.86. The molecular formula is C13H17N3O6. The Kier molecular flexibility index (Phi) is 3.24. The fraction of sp³-hybridized carbons (Fsp3) is 0.615. The Morgan fingerprint density at radius 1 is 1.45 bits per heavy atom. The molecule has 4 atom stereocenters. The number of rotatable bonds is 2. The Balaban J connectivity index is 2.13. The maximum Gasteiger partial charge on any atom is 0.330 e. The van der Waals surface area contributed by atoms with Gasteiger partial charge in [0.15, 0.2) is 6.23 Å². The van der Waals surface area contributed by atoms with Crippen molar-refractivity contribution in [2.24, 2.45) is 0 Å². The van der Waals surface area contributed by atoms with E-state index in [4.69, 9.17) is 4.74 Å². The van der Waals surface area contributed by atoms with E-state index in [1.807, 2.05) is 0 Å². The minimum Gasteiger partial charge on any atom is -0.393 e. The molecule has 3 heterocycles. The van der Waals surface area contributed by atoms with Crippen molar-refractivity contribution in [3.8, 4) is 0 Å². The summed E-state index contributed by atoms with van der Waals surface area (Å²) >= 11 is 0. The number of likely N-dealkylation sites (N-methyl/N-ethyl adjacent to an activating group) is 1. The predicted octanol–water partition coefficient (Wildman–Crippen LogP) is -2.30. The van der Waals surface area contributed by atoms with Crippen LogP contribution in [0.3, 0.4) is 0 Å². The van der Waals surface area contributed by atoms with Gasteiger partial charge in [-0.2, -0.15) is 0 Å². The molecule has 2 aliphatic heterocycles. The number of aryl methyl sites for hydroxylation is 1. The average Bonchev–Trinajstić information content (AvgIpc) is 2.68. The van der Waals surface area contributed by atoms with Gasteiger partial charge >= 0.3 is 5.69 Å². The zero-order chi connectivity index (χ0) is 16.2. The first-order chi connectivity index (χ1) is 10.3. The highest BCUT2D eigenvalue weighted by Gasteiger charge is 2.61. The Labute approximate surface area is 124 Å². The summed E-state index contributed by atoms with van der Waals surface area (Å²) in [6.07, 6.45) is -0.973. The van der Waals surface area contributed by atoms with E-state index < -0.39 is 41.8 Å². The van der Waals surface area contributed by atoms with Crippen molar-refractivity contribution >= 4 is 5.91 Å². The van der Waals surface area contributed by atoms with Gasteiger partial charge in [-0.15, -0.1) is 0 Å². The Morgan fingerprint density at radius 3 is 2.77 bits per heavy atom. The molecule has 0 aromatic carbocycles. The third kappa shape index (κ3) is 1.86. The van der Waals surface area contributed by atoms with Crippen LogP contribution in [0.1, 0.15) is 18.2 Å². The second kappa shape index (κ2) is 4.77. The number of ether oxygens (including phenoxy) is 1. The van der Waals surface area contributed by atoms with Crippen molar-refractivity contribution in [2.45, 2.75) is 37.3 Å². The second-order valence-electron chi connectivity index (χ2n) is 5.83. The number of nitrogens with one attached hydrogen (secondary N) is 1. The molecule has 0 saturated carbocycles. The smallest absolute Gasteiger partial charge is 0.330 e. The predicted molar refractivity (Wildman–Crippen MR) is 73.2 cm³/mol. The van der Waals surface area contributed by atoms with Crippen molar-refractivity contribution in [3.63, 3.8) is 0 Å². The van der Waals surface area contributed by atoms with Crippen molar-refractivity contribution < 1.29 is 19.7 Å². The van der Waals surface area contributed by atoms with Crippen LogP contribution in [-0.4, -0.2) is 62.0 Å². The highest BCUT2D eigenvalue weighted by atomic mass is 16.6. The monoisotopic (exact) mass is 311 g/mol. The maximum atomic E-state index is 12.0. The lowest BCUT2D eigenvalue weighted by Crippen LogP contribution is -2.59. The lowest BCUT2D eigenvalue weighted by Gasteiger charge is -2.38. The molecule has 22 heavy (non-hydrogen) atoms. The normalized spacial score (nSPS) is 34.3. The molecule has 3 rings (SSSR count). The number of aromatic nitrogens is 2. The van der Waals surface area contributed by atoms with Crippen molar-refractivity contribution in [3.05, 3.63) is 32.6 Å². The fourth-order valence-electron chi connectivity index (χ4n) is 3.13. The molecule has 1 aromatic rings. The SMILES string of the molecule is Cc1cn([C@@H]2O[C@@]3(CO)CC(=O)N(C)[C@H]2C3O)c(=O)[nH]c1=O. The van der Waals surface area contributed by atoms with Crippen molar-refractivity contribution in [1.82, 2.24) is 14.5 Å². The van der Waals surface area contributed by atoms with E-state index in [1.54, 1.807) is 0 Å². The molecule has 2 aliphatic rings. The average molecular weight is 311 g/mol. The zero-order valence-corrected chi connectivity index (χ0v) is 12.1. The summed E-state index contributed by atoms with van der Waals surface area (Å²) < 4.78 is 6.85. The molecule has 9 nitrogen and oxygen atoms in total. The summed E-state index contributed by atoms with van der Waals surface area (Å²) in [5.41, 5.74) is -2.34. The molecule has 1 unspecified atom stereocenters. The van der Waals surface area contributed by atoms with E-state index in [1.165, 1.54) is 25.1 Å². The number of piperidine rings is 1. The number of amides is 1. The largest absolute Gasteiger partial charge is 0.393 e. The number of aliphatic hydroxyl groups is 2. The molecule has 2 bridgehead atoms. The minimum absolute atomic E-state index is 0.175. The number of nitrogens with zero attached hydrogens (tertiary/aromatic N) is 2. The molecule has 0 spiro atoms. The molecule has 2 fully saturated rings. The molecular weight excluding hydrogens is 294 g/mol. The van der Waals surface area contributed by atoms with Crippen LogP contribution in [0.4, 0.5) is 0 Å². The van der Waals surface area contributed by atoms with E-state index in [9.17, 15) is 24.6 Å². The lowest BCUT2D eigenvalue weighted by molar-refractivity contribution is -0.158. The number of hydrogen-bond acceptors (Lipinski definition) is 6. The van der Waals surface area contributed by atoms with Crippen LogP contribution in [0.15, 0.2) is 15.8 Å². The maximum absolute atomic E-state index is 12.0. The standard InChI is InChI=1S/C13H17N3O6/c1-6-4-16(12(21)14-10(6)20)11-8-9(19)13(5-17,22-11)3-7(18)15(8)2/h4,8-9,11,17,19H,3,5H2,1-2H3,(H,14,20,21)/t8-,9?,11+,13+/m0/s1. The molecule has 2 saturated heterocycles. The summed E-state index contributed by atoms with van der Waals surface area (Å²) in [6, 6.07) is -0.823. The molecule has 1 aromatic heterocycles. The number of H-pyrrole nitrogens is 1. The van der Waals surface area contributed by atoms with Gasteiger partial charge in [0.2, 0.25) is 5.91 Å². The summed E-state index contributed by atoms with van der Waals surface area (Å²) in [4.78, 5) is 39.0. The first-order valence-corrected chi connectivity index (χ1v) is 6.85. The summed E-state index contributed by atoms with van der Waals surface area (Å²) in [5.74, 6) is -0.291. The van der Waals surface area contributed by atoms with Gasteiger partial charge in [-0.05, 0) is 6.92 Å². The zero-order valence-electron chi connectivity index (χ0n) is 12.1. The number of fused-ring (bicyclic) bond motifs is 2. The first-order valence-electron chi connectivity index (χ1n) is 6.85. The van der Waals surface area contributed by atoms with E-state index >= 15 is 0 Å². The van der Waals surface area contributed by atoms with Crippen LogP contribution in [0.5, 0.6) is 0 Å². The Morgan fingerprint density at radius 2 is 2.14 bits per heavy atom. The molecule has 0 aliphatic carbocycles. The molecule has 9 heteroatoms. The summed E-state index contributed by atoms with van der Waals surface area (Å²) in [5, 5.41) is 20.0. The third-order valence-corrected chi connectivity index (χ3v) is 4.49. The van der Waals surface area contributed by atoms with Crippen LogP contribution in [0.25, 0.3) is 0 Å². The number of carbonyl (C=O) groups is 1. The highest BCUT2D eigenvalue weighted by Crippen LogP contribution is 2.44. The van der Waals surface area contributed by atoms with E-state index in [-0.39, 0.29) is 12.3 Å². The highest BCUT2D eigenvalue weighted by molar-refractivity contribution is 5.79. The molecule has 3 N–H and O–H groups in total. The minimum atomic E-state index is -1.43. The molecule has 120 valence electrons. The number of likely N-dealkylation sites (tertiary alicyclic amines) is 1. The van der Waals surface area contributed by atoms with Gasteiger partial charge in [0.1, 0.15) is 17.7 Å². The number of aromatic amines is 1. The first kappa shape index (κ1) is 14.9. The Bertz CT molecular complexity index is 740. The topological polar surface area (TPSA) is 125 Å². The van der Waals surface area contributed by atoms with Crippen molar-refractivity contribution in [2.75, 3.05) is 13.7 Å². The summed E-state index contributed by atoms with van der Waals surface area (Å²) in [7, 11) is 1.50. The van der Waals surface area contributed by atoms with Crippen LogP contribution in [0, 0.1) is 6.92 Å². The van der Waals surface area contributed by atoms with Crippen LogP contribution >= 0.6 is 0 Å². The van der Waals surface area contributed by atoms with E-state index in [0.29, 0.717) is 5.56 Å². The van der Waals surface area contributed by atoms with Crippen LogP contribution < -0.4 is 11.2 Å². The number of aliphatic hydroxyl groups excluding tert-OH is 2. The van der Waals surface area contributed by atoms with Gasteiger partial charge in [-0.1, -0.05) is 0 Å².